The molecule has 2 aromatic carbocycles. The van der Waals surface area contributed by atoms with E-state index in [2.05, 4.69) is 62.9 Å². The fraction of sp³-hybridized carbons (Fsp3) is 0.0741. The van der Waals surface area contributed by atoms with Gasteiger partial charge in [-0.25, -0.2) is 4.98 Å². The second-order valence-electron chi connectivity index (χ2n) is 8.49. The highest BCUT2D eigenvalue weighted by atomic mass is 15.0. The number of rotatable bonds is 0. The summed E-state index contributed by atoms with van der Waals surface area (Å²) >= 11 is 0. The minimum Gasteiger partial charge on any atom is -0.295 e. The molecule has 0 saturated carbocycles. The largest absolute Gasteiger partial charge is 0.295 e. The van der Waals surface area contributed by atoms with E-state index in [1.807, 2.05) is 24.7 Å². The van der Waals surface area contributed by atoms with Gasteiger partial charge < -0.3 is 0 Å². The third-order valence-electron chi connectivity index (χ3n) is 7.02. The zero-order chi connectivity index (χ0) is 20.1. The molecule has 0 radical (unpaired) electrons. The van der Waals surface area contributed by atoms with Gasteiger partial charge in [-0.1, -0.05) is 36.4 Å². The van der Waals surface area contributed by atoms with E-state index in [-0.39, 0.29) is 0 Å². The minimum absolute atomic E-state index is 0.909. The fourth-order valence-corrected chi connectivity index (χ4v) is 5.70. The Bertz CT molecular complexity index is 1740. The third-order valence-corrected chi connectivity index (χ3v) is 7.02. The summed E-state index contributed by atoms with van der Waals surface area (Å²) in [7, 11) is 0. The molecule has 2 aliphatic carbocycles. The second kappa shape index (κ2) is 5.35. The van der Waals surface area contributed by atoms with E-state index in [0.29, 0.717) is 0 Å². The topological polar surface area (TPSA) is 43.1 Å². The van der Waals surface area contributed by atoms with Gasteiger partial charge in [0.2, 0.25) is 0 Å². The maximum absolute atomic E-state index is 5.19. The van der Waals surface area contributed by atoms with E-state index in [1.165, 1.54) is 39.1 Å². The van der Waals surface area contributed by atoms with E-state index in [9.17, 15) is 0 Å². The molecule has 31 heavy (non-hydrogen) atoms. The Labute approximate surface area is 177 Å². The summed E-state index contributed by atoms with van der Waals surface area (Å²) in [6, 6.07) is 19.5. The molecule has 8 rings (SSSR count). The molecule has 0 N–H and O–H groups in total. The third kappa shape index (κ3) is 1.84. The van der Waals surface area contributed by atoms with Gasteiger partial charge in [-0.15, -0.1) is 0 Å². The minimum atomic E-state index is 0.909. The van der Waals surface area contributed by atoms with Crippen LogP contribution in [0, 0.1) is 0 Å². The van der Waals surface area contributed by atoms with Crippen LogP contribution in [0.2, 0.25) is 0 Å². The summed E-state index contributed by atoms with van der Waals surface area (Å²) in [6.07, 6.45) is 7.55. The molecule has 4 nitrogen and oxygen atoms in total. The van der Waals surface area contributed by atoms with Crippen molar-refractivity contribution in [1.82, 2.24) is 19.4 Å². The number of hydrogen-bond acceptors (Lipinski definition) is 3. The summed E-state index contributed by atoms with van der Waals surface area (Å²) in [6.45, 7) is 0. The molecule has 0 spiro atoms. The van der Waals surface area contributed by atoms with E-state index in [4.69, 9.17) is 4.98 Å². The van der Waals surface area contributed by atoms with E-state index >= 15 is 0 Å². The fourth-order valence-electron chi connectivity index (χ4n) is 5.70. The van der Waals surface area contributed by atoms with Crippen LogP contribution in [0.4, 0.5) is 0 Å². The van der Waals surface area contributed by atoms with Crippen molar-refractivity contribution in [3.05, 3.63) is 95.6 Å². The van der Waals surface area contributed by atoms with Crippen molar-refractivity contribution < 1.29 is 0 Å². The molecule has 6 aromatic rings. The van der Waals surface area contributed by atoms with Crippen molar-refractivity contribution in [3.63, 3.8) is 0 Å². The number of hydrogen-bond donors (Lipinski definition) is 0. The highest BCUT2D eigenvalue weighted by molar-refractivity contribution is 6.10. The zero-order valence-corrected chi connectivity index (χ0v) is 16.6. The average molecular weight is 396 g/mol. The predicted octanol–water partition coefficient (Wildman–Crippen LogP) is 5.57. The van der Waals surface area contributed by atoms with Gasteiger partial charge in [-0.2, -0.15) is 0 Å². The van der Waals surface area contributed by atoms with Gasteiger partial charge in [0.15, 0.2) is 0 Å². The molecule has 0 aliphatic heterocycles. The van der Waals surface area contributed by atoms with Gasteiger partial charge >= 0.3 is 0 Å². The Kier molecular flexibility index (Phi) is 2.72. The van der Waals surface area contributed by atoms with Crippen molar-refractivity contribution in [2.75, 3.05) is 0 Å². The summed E-state index contributed by atoms with van der Waals surface area (Å²) in [5, 5.41) is 2.15. The molecular weight excluding hydrogens is 380 g/mol. The molecule has 0 unspecified atom stereocenters. The van der Waals surface area contributed by atoms with Crippen molar-refractivity contribution >= 4 is 27.5 Å². The van der Waals surface area contributed by atoms with Crippen LogP contribution in [0.15, 0.2) is 73.2 Å². The SMILES string of the molecule is c1ccc2c(c1)Cc1c-2ccc2c1Cc1c-2nc2c3cccnc3c3cnccc3n12. The normalized spacial score (nSPS) is 13.5. The number of fused-ring (bicyclic) bond motifs is 14. The van der Waals surface area contributed by atoms with Crippen LogP contribution in [0.3, 0.4) is 0 Å². The van der Waals surface area contributed by atoms with Gasteiger partial charge in [0.05, 0.1) is 22.4 Å². The van der Waals surface area contributed by atoms with Gasteiger partial charge in [0.1, 0.15) is 5.65 Å². The lowest BCUT2D eigenvalue weighted by atomic mass is 9.97. The van der Waals surface area contributed by atoms with E-state index in [1.54, 1.807) is 0 Å². The van der Waals surface area contributed by atoms with Crippen LogP contribution in [0.25, 0.3) is 49.8 Å². The Balaban J connectivity index is 1.47. The van der Waals surface area contributed by atoms with Crippen molar-refractivity contribution in [1.29, 1.82) is 0 Å². The molecule has 4 heterocycles. The molecule has 0 atom stereocenters. The molecule has 4 aromatic heterocycles. The van der Waals surface area contributed by atoms with Crippen molar-refractivity contribution in [2.45, 2.75) is 12.8 Å². The van der Waals surface area contributed by atoms with Gasteiger partial charge in [0.25, 0.3) is 0 Å². The number of imidazole rings is 1. The lowest BCUT2D eigenvalue weighted by Crippen LogP contribution is -1.98. The first-order chi connectivity index (χ1) is 15.4. The van der Waals surface area contributed by atoms with Gasteiger partial charge in [-0.3, -0.25) is 14.4 Å². The Morgan fingerprint density at radius 2 is 1.65 bits per heavy atom. The molecule has 2 aliphatic rings. The van der Waals surface area contributed by atoms with Gasteiger partial charge in [-0.05, 0) is 52.4 Å². The zero-order valence-electron chi connectivity index (χ0n) is 16.6. The van der Waals surface area contributed by atoms with Crippen LogP contribution in [-0.2, 0) is 12.8 Å². The first-order valence-corrected chi connectivity index (χ1v) is 10.6. The summed E-state index contributed by atoms with van der Waals surface area (Å²) in [5.41, 5.74) is 13.8. The highest BCUT2D eigenvalue weighted by Crippen LogP contribution is 2.47. The van der Waals surface area contributed by atoms with Crippen molar-refractivity contribution in [2.24, 2.45) is 0 Å². The quantitative estimate of drug-likeness (QED) is 0.315. The maximum Gasteiger partial charge on any atom is 0.147 e. The maximum atomic E-state index is 5.19. The molecule has 144 valence electrons. The lowest BCUT2D eigenvalue weighted by Gasteiger charge is -2.10. The second-order valence-corrected chi connectivity index (χ2v) is 8.49. The molecule has 0 fully saturated rings. The van der Waals surface area contributed by atoms with Gasteiger partial charge in [0, 0.05) is 41.3 Å². The Morgan fingerprint density at radius 3 is 2.65 bits per heavy atom. The van der Waals surface area contributed by atoms with E-state index in [0.717, 1.165) is 46.0 Å². The Hall–Kier alpha value is -4.05. The molecular formula is C27H16N4. The number of aromatic nitrogens is 4. The first-order valence-electron chi connectivity index (χ1n) is 10.6. The van der Waals surface area contributed by atoms with Crippen LogP contribution in [-0.4, -0.2) is 19.4 Å². The van der Waals surface area contributed by atoms with Crippen LogP contribution in [0.5, 0.6) is 0 Å². The summed E-state index contributed by atoms with van der Waals surface area (Å²) in [4.78, 5) is 14.2. The monoisotopic (exact) mass is 396 g/mol. The lowest BCUT2D eigenvalue weighted by molar-refractivity contribution is 1.07. The number of benzene rings is 2. The standard InChI is InChI=1S/C27H16N4/c1-2-5-16-15(4-1)12-20-17(16)7-8-18-21(20)13-24-26(18)30-27-19-6-3-10-29-25(19)22-14-28-11-9-23(22)31(24)27/h1-11,14H,12-13H2. The van der Waals surface area contributed by atoms with E-state index < -0.39 is 0 Å². The smallest absolute Gasteiger partial charge is 0.147 e. The summed E-state index contributed by atoms with van der Waals surface area (Å²) in [5.74, 6) is 0. The molecule has 0 bridgehead atoms. The molecule has 0 saturated heterocycles. The number of nitrogens with zero attached hydrogens (tertiary/aromatic N) is 4. The van der Waals surface area contributed by atoms with Crippen LogP contribution < -0.4 is 0 Å². The van der Waals surface area contributed by atoms with Crippen LogP contribution >= 0.6 is 0 Å². The first kappa shape index (κ1) is 15.7. The summed E-state index contributed by atoms with van der Waals surface area (Å²) < 4.78 is 2.34. The van der Waals surface area contributed by atoms with Crippen LogP contribution in [0.1, 0.15) is 22.4 Å². The Morgan fingerprint density at radius 1 is 0.742 bits per heavy atom. The van der Waals surface area contributed by atoms with Crippen molar-refractivity contribution in [3.8, 4) is 22.4 Å². The average Bonchev–Trinajstić information content (AvgIpc) is 3.49. The molecule has 4 heteroatoms. The number of pyridine rings is 3. The molecule has 0 amide bonds. The predicted molar refractivity (Wildman–Crippen MR) is 122 cm³/mol. The highest BCUT2D eigenvalue weighted by Gasteiger charge is 2.31.